The third-order valence-corrected chi connectivity index (χ3v) is 6.21. The van der Waals surface area contributed by atoms with Crippen LogP contribution in [0.5, 0.6) is 0 Å². The second-order valence-electron chi connectivity index (χ2n) is 8.56. The van der Waals surface area contributed by atoms with E-state index in [2.05, 4.69) is 46.7 Å². The number of aryl methyl sites for hydroxylation is 1. The Labute approximate surface area is 179 Å². The Kier molecular flexibility index (Phi) is 7.85. The highest BCUT2D eigenvalue weighted by atomic mass is 16.2. The number of amides is 3. The van der Waals surface area contributed by atoms with Crippen molar-refractivity contribution >= 4 is 17.7 Å². The van der Waals surface area contributed by atoms with Gasteiger partial charge in [-0.3, -0.25) is 19.3 Å². The van der Waals surface area contributed by atoms with Gasteiger partial charge in [-0.1, -0.05) is 29.8 Å². The molecule has 2 heterocycles. The normalized spacial score (nSPS) is 20.7. The van der Waals surface area contributed by atoms with Crippen molar-refractivity contribution in [2.24, 2.45) is 5.92 Å². The lowest BCUT2D eigenvalue weighted by molar-refractivity contribution is -0.140. The molecule has 0 aromatic heterocycles. The lowest BCUT2D eigenvalue weighted by Crippen LogP contribution is -2.56. The Hall–Kier alpha value is -2.41. The van der Waals surface area contributed by atoms with Crippen LogP contribution in [0.15, 0.2) is 24.3 Å². The molecule has 0 spiro atoms. The fraction of sp³-hybridized carbons (Fsp3) is 0.609. The number of carbonyl (C=O) groups is 3. The fourth-order valence-electron chi connectivity index (χ4n) is 4.32. The van der Waals surface area contributed by atoms with Crippen LogP contribution in [0.1, 0.15) is 43.7 Å². The second kappa shape index (κ2) is 10.6. The van der Waals surface area contributed by atoms with Crippen LogP contribution >= 0.6 is 0 Å². The Balaban J connectivity index is 1.51. The maximum Gasteiger partial charge on any atom is 0.237 e. The minimum Gasteiger partial charge on any atom is -0.356 e. The number of piperidine rings is 1. The summed E-state index contributed by atoms with van der Waals surface area (Å²) in [5.41, 5.74) is 2.37. The minimum absolute atomic E-state index is 0.00330. The van der Waals surface area contributed by atoms with Gasteiger partial charge in [0, 0.05) is 46.2 Å². The van der Waals surface area contributed by atoms with E-state index in [9.17, 15) is 14.4 Å². The molecule has 2 fully saturated rings. The predicted octanol–water partition coefficient (Wildman–Crippen LogP) is 1.45. The minimum atomic E-state index is -0.412. The Morgan fingerprint density at radius 1 is 1.13 bits per heavy atom. The summed E-state index contributed by atoms with van der Waals surface area (Å²) in [6, 6.07) is 7.93. The van der Waals surface area contributed by atoms with Gasteiger partial charge in [0.25, 0.3) is 0 Å². The number of benzene rings is 1. The average molecular weight is 415 g/mol. The molecule has 7 heteroatoms. The summed E-state index contributed by atoms with van der Waals surface area (Å²) in [5.74, 6) is 0.554. The van der Waals surface area contributed by atoms with Crippen molar-refractivity contribution in [2.45, 2.75) is 52.1 Å². The highest BCUT2D eigenvalue weighted by Crippen LogP contribution is 2.22. The zero-order valence-corrected chi connectivity index (χ0v) is 18.2. The van der Waals surface area contributed by atoms with E-state index in [0.717, 1.165) is 44.5 Å². The van der Waals surface area contributed by atoms with Crippen LogP contribution in [0.3, 0.4) is 0 Å². The molecule has 7 nitrogen and oxygen atoms in total. The smallest absolute Gasteiger partial charge is 0.237 e. The summed E-state index contributed by atoms with van der Waals surface area (Å²) >= 11 is 0. The summed E-state index contributed by atoms with van der Waals surface area (Å²) in [6.45, 7) is 7.80. The lowest BCUT2D eigenvalue weighted by atomic mass is 9.93. The van der Waals surface area contributed by atoms with E-state index in [1.165, 1.54) is 12.5 Å². The van der Waals surface area contributed by atoms with Gasteiger partial charge in [-0.2, -0.15) is 0 Å². The molecule has 0 radical (unpaired) electrons. The fourth-order valence-corrected chi connectivity index (χ4v) is 4.32. The molecule has 1 aromatic rings. The van der Waals surface area contributed by atoms with Gasteiger partial charge < -0.3 is 15.5 Å². The number of likely N-dealkylation sites (tertiary alicyclic amines) is 1. The first-order valence-electron chi connectivity index (χ1n) is 11.0. The van der Waals surface area contributed by atoms with Crippen molar-refractivity contribution in [1.82, 2.24) is 20.4 Å². The Bertz CT molecular complexity index is 741. The topological polar surface area (TPSA) is 81.8 Å². The van der Waals surface area contributed by atoms with Gasteiger partial charge in [-0.05, 0) is 37.7 Å². The predicted molar refractivity (Wildman–Crippen MR) is 116 cm³/mol. The van der Waals surface area contributed by atoms with Gasteiger partial charge in [-0.25, -0.2) is 0 Å². The molecule has 3 amide bonds. The van der Waals surface area contributed by atoms with Gasteiger partial charge in [-0.15, -0.1) is 0 Å². The standard InChI is InChI=1S/C23H34N4O3/c1-17-3-5-20(6-4-17)16-27-14-11-25-23(30)21(27)15-22(29)26-12-8-19(9-13-26)7-10-24-18(2)28/h3-6,19,21H,7-16H2,1-2H3,(H,24,28)(H,25,30)/t21-/m1/s1. The van der Waals surface area contributed by atoms with Crippen molar-refractivity contribution in [3.63, 3.8) is 0 Å². The maximum atomic E-state index is 12.9. The van der Waals surface area contributed by atoms with E-state index in [-0.39, 0.29) is 24.1 Å². The van der Waals surface area contributed by atoms with Gasteiger partial charge in [0.15, 0.2) is 0 Å². The summed E-state index contributed by atoms with van der Waals surface area (Å²) in [4.78, 5) is 40.5. The van der Waals surface area contributed by atoms with Crippen LogP contribution in [0.4, 0.5) is 0 Å². The molecule has 30 heavy (non-hydrogen) atoms. The molecule has 2 aliphatic heterocycles. The SMILES string of the molecule is CC(=O)NCCC1CCN(C(=O)C[C@@H]2C(=O)NCCN2Cc2ccc(C)cc2)CC1. The van der Waals surface area contributed by atoms with Crippen molar-refractivity contribution < 1.29 is 14.4 Å². The molecule has 164 valence electrons. The largest absolute Gasteiger partial charge is 0.356 e. The van der Waals surface area contributed by atoms with E-state index < -0.39 is 6.04 Å². The zero-order valence-electron chi connectivity index (χ0n) is 18.2. The first-order chi connectivity index (χ1) is 14.4. The summed E-state index contributed by atoms with van der Waals surface area (Å²) in [7, 11) is 0. The quantitative estimate of drug-likeness (QED) is 0.708. The second-order valence-corrected chi connectivity index (χ2v) is 8.56. The van der Waals surface area contributed by atoms with Crippen molar-refractivity contribution in [3.05, 3.63) is 35.4 Å². The number of nitrogens with one attached hydrogen (secondary N) is 2. The summed E-state index contributed by atoms with van der Waals surface area (Å²) in [5, 5.41) is 5.76. The van der Waals surface area contributed by atoms with E-state index in [1.807, 2.05) is 4.90 Å². The molecule has 2 saturated heterocycles. The van der Waals surface area contributed by atoms with Crippen molar-refractivity contribution in [2.75, 3.05) is 32.7 Å². The molecule has 0 bridgehead atoms. The van der Waals surface area contributed by atoms with Gasteiger partial charge in [0.1, 0.15) is 0 Å². The number of nitrogens with zero attached hydrogens (tertiary/aromatic N) is 2. The van der Waals surface area contributed by atoms with Crippen LogP contribution in [0, 0.1) is 12.8 Å². The van der Waals surface area contributed by atoms with Crippen LogP contribution in [-0.2, 0) is 20.9 Å². The lowest BCUT2D eigenvalue weighted by Gasteiger charge is -2.37. The molecule has 1 atom stereocenters. The van der Waals surface area contributed by atoms with Crippen LogP contribution in [-0.4, -0.2) is 66.3 Å². The van der Waals surface area contributed by atoms with Crippen LogP contribution in [0.2, 0.25) is 0 Å². The zero-order chi connectivity index (χ0) is 21.5. The van der Waals surface area contributed by atoms with Crippen LogP contribution < -0.4 is 10.6 Å². The molecule has 0 aliphatic carbocycles. The third kappa shape index (κ3) is 6.29. The van der Waals surface area contributed by atoms with Crippen molar-refractivity contribution in [1.29, 1.82) is 0 Å². The summed E-state index contributed by atoms with van der Waals surface area (Å²) < 4.78 is 0. The highest BCUT2D eigenvalue weighted by Gasteiger charge is 2.33. The Morgan fingerprint density at radius 3 is 2.50 bits per heavy atom. The molecular weight excluding hydrogens is 380 g/mol. The number of hydrogen-bond donors (Lipinski definition) is 2. The third-order valence-electron chi connectivity index (χ3n) is 6.21. The maximum absolute atomic E-state index is 12.9. The molecular formula is C23H34N4O3. The molecule has 0 unspecified atom stereocenters. The highest BCUT2D eigenvalue weighted by molar-refractivity contribution is 5.88. The van der Waals surface area contributed by atoms with Gasteiger partial charge >= 0.3 is 0 Å². The molecule has 3 rings (SSSR count). The number of carbonyl (C=O) groups excluding carboxylic acids is 3. The van der Waals surface area contributed by atoms with E-state index in [0.29, 0.717) is 25.6 Å². The van der Waals surface area contributed by atoms with Crippen LogP contribution in [0.25, 0.3) is 0 Å². The van der Waals surface area contributed by atoms with E-state index in [1.54, 1.807) is 0 Å². The Morgan fingerprint density at radius 2 is 1.83 bits per heavy atom. The first kappa shape index (κ1) is 22.3. The number of hydrogen-bond acceptors (Lipinski definition) is 4. The van der Waals surface area contributed by atoms with E-state index in [4.69, 9.17) is 0 Å². The number of piperazine rings is 1. The van der Waals surface area contributed by atoms with Crippen molar-refractivity contribution in [3.8, 4) is 0 Å². The summed E-state index contributed by atoms with van der Waals surface area (Å²) in [6.07, 6.45) is 3.09. The van der Waals surface area contributed by atoms with E-state index >= 15 is 0 Å². The molecule has 2 aliphatic rings. The average Bonchev–Trinajstić information content (AvgIpc) is 2.72. The number of rotatable bonds is 7. The molecule has 1 aromatic carbocycles. The molecule has 2 N–H and O–H groups in total. The first-order valence-corrected chi connectivity index (χ1v) is 11.0. The monoisotopic (exact) mass is 414 g/mol. The molecule has 0 saturated carbocycles. The van der Waals surface area contributed by atoms with Gasteiger partial charge in [0.05, 0.1) is 12.5 Å². The van der Waals surface area contributed by atoms with Gasteiger partial charge in [0.2, 0.25) is 17.7 Å².